The van der Waals surface area contributed by atoms with E-state index >= 15 is 0 Å². The summed E-state index contributed by atoms with van der Waals surface area (Å²) in [4.78, 5) is 14.2. The molecular formula is C14H22N2O2. The smallest absolute Gasteiger partial charge is 0.223 e. The molecular weight excluding hydrogens is 228 g/mol. The molecule has 0 spiro atoms. The SMILES string of the molecule is NCCCN(C(=O)CCc1ccco1)C1CCC1. The average Bonchev–Trinajstić information content (AvgIpc) is 2.81. The topological polar surface area (TPSA) is 59.5 Å². The number of amides is 1. The number of furan rings is 1. The zero-order valence-electron chi connectivity index (χ0n) is 10.8. The first-order chi connectivity index (χ1) is 8.81. The van der Waals surface area contributed by atoms with Gasteiger partial charge in [0, 0.05) is 25.4 Å². The highest BCUT2D eigenvalue weighted by Gasteiger charge is 2.27. The van der Waals surface area contributed by atoms with Crippen LogP contribution >= 0.6 is 0 Å². The summed E-state index contributed by atoms with van der Waals surface area (Å²) in [6, 6.07) is 4.24. The Morgan fingerprint density at radius 1 is 1.50 bits per heavy atom. The standard InChI is InChI=1S/C14H22N2O2/c15-9-3-10-16(12-4-1-5-12)14(17)8-7-13-6-2-11-18-13/h2,6,11-12H,1,3-5,7-10,15H2. The summed E-state index contributed by atoms with van der Waals surface area (Å²) in [6.07, 6.45) is 7.32. The van der Waals surface area contributed by atoms with Crippen molar-refractivity contribution in [2.45, 2.75) is 44.6 Å². The molecule has 0 saturated heterocycles. The molecule has 0 bridgehead atoms. The molecule has 4 nitrogen and oxygen atoms in total. The second-order valence-electron chi connectivity index (χ2n) is 4.89. The van der Waals surface area contributed by atoms with Gasteiger partial charge in [-0.3, -0.25) is 4.79 Å². The van der Waals surface area contributed by atoms with Gasteiger partial charge >= 0.3 is 0 Å². The van der Waals surface area contributed by atoms with Gasteiger partial charge in [-0.05, 0) is 44.4 Å². The second-order valence-corrected chi connectivity index (χ2v) is 4.89. The van der Waals surface area contributed by atoms with Crippen molar-refractivity contribution in [1.82, 2.24) is 4.90 Å². The highest BCUT2D eigenvalue weighted by molar-refractivity contribution is 5.76. The van der Waals surface area contributed by atoms with Crippen molar-refractivity contribution in [3.63, 3.8) is 0 Å². The summed E-state index contributed by atoms with van der Waals surface area (Å²) >= 11 is 0. The van der Waals surface area contributed by atoms with Crippen LogP contribution in [-0.2, 0) is 11.2 Å². The maximum atomic E-state index is 12.2. The highest BCUT2D eigenvalue weighted by atomic mass is 16.3. The normalized spacial score (nSPS) is 15.4. The molecule has 18 heavy (non-hydrogen) atoms. The zero-order chi connectivity index (χ0) is 12.8. The summed E-state index contributed by atoms with van der Waals surface area (Å²) in [5, 5.41) is 0. The Bertz CT molecular complexity index is 358. The fourth-order valence-electron chi connectivity index (χ4n) is 2.30. The fraction of sp³-hybridized carbons (Fsp3) is 0.643. The van der Waals surface area contributed by atoms with Crippen molar-refractivity contribution in [3.05, 3.63) is 24.2 Å². The third kappa shape index (κ3) is 3.35. The largest absolute Gasteiger partial charge is 0.469 e. The predicted octanol–water partition coefficient (Wildman–Crippen LogP) is 1.94. The molecule has 2 rings (SSSR count). The summed E-state index contributed by atoms with van der Waals surface area (Å²) in [5.41, 5.74) is 5.53. The van der Waals surface area contributed by atoms with Crippen LogP contribution in [0.25, 0.3) is 0 Å². The fourth-order valence-corrected chi connectivity index (χ4v) is 2.30. The third-order valence-electron chi connectivity index (χ3n) is 3.60. The van der Waals surface area contributed by atoms with Crippen molar-refractivity contribution in [2.24, 2.45) is 5.73 Å². The average molecular weight is 250 g/mol. The van der Waals surface area contributed by atoms with Gasteiger partial charge in [0.05, 0.1) is 6.26 Å². The number of hydrogen-bond acceptors (Lipinski definition) is 3. The lowest BCUT2D eigenvalue weighted by Crippen LogP contribution is -2.45. The van der Waals surface area contributed by atoms with E-state index in [1.54, 1.807) is 6.26 Å². The van der Waals surface area contributed by atoms with E-state index in [2.05, 4.69) is 0 Å². The van der Waals surface area contributed by atoms with E-state index in [9.17, 15) is 4.79 Å². The van der Waals surface area contributed by atoms with Gasteiger partial charge < -0.3 is 15.1 Å². The van der Waals surface area contributed by atoms with Gasteiger partial charge in [-0.1, -0.05) is 0 Å². The summed E-state index contributed by atoms with van der Waals surface area (Å²) < 4.78 is 5.25. The molecule has 1 aliphatic carbocycles. The number of carbonyl (C=O) groups excluding carboxylic acids is 1. The molecule has 2 N–H and O–H groups in total. The first kappa shape index (κ1) is 13.1. The van der Waals surface area contributed by atoms with Crippen LogP contribution in [0, 0.1) is 0 Å². The van der Waals surface area contributed by atoms with Crippen molar-refractivity contribution in [2.75, 3.05) is 13.1 Å². The molecule has 1 aromatic rings. The van der Waals surface area contributed by atoms with Crippen LogP contribution in [0.1, 0.15) is 37.9 Å². The summed E-state index contributed by atoms with van der Waals surface area (Å²) in [6.45, 7) is 1.45. The van der Waals surface area contributed by atoms with Crippen LogP contribution in [0.15, 0.2) is 22.8 Å². The minimum atomic E-state index is 0.240. The second kappa shape index (κ2) is 6.59. The van der Waals surface area contributed by atoms with E-state index in [4.69, 9.17) is 10.2 Å². The Labute approximate surface area is 108 Å². The van der Waals surface area contributed by atoms with Gasteiger partial charge in [0.2, 0.25) is 5.91 Å². The first-order valence-corrected chi connectivity index (χ1v) is 6.83. The summed E-state index contributed by atoms with van der Waals surface area (Å²) in [5.74, 6) is 1.13. The molecule has 1 amide bonds. The Morgan fingerprint density at radius 2 is 2.33 bits per heavy atom. The van der Waals surface area contributed by atoms with Crippen LogP contribution in [-0.4, -0.2) is 29.9 Å². The Kier molecular flexibility index (Phi) is 4.81. The van der Waals surface area contributed by atoms with Crippen molar-refractivity contribution < 1.29 is 9.21 Å². The van der Waals surface area contributed by atoms with E-state index < -0.39 is 0 Å². The van der Waals surface area contributed by atoms with Crippen LogP contribution in [0.5, 0.6) is 0 Å². The molecule has 0 atom stereocenters. The van der Waals surface area contributed by atoms with Crippen LogP contribution in [0.2, 0.25) is 0 Å². The molecule has 100 valence electrons. The van der Waals surface area contributed by atoms with Crippen molar-refractivity contribution in [3.8, 4) is 0 Å². The number of hydrogen-bond donors (Lipinski definition) is 1. The van der Waals surface area contributed by atoms with Crippen molar-refractivity contribution in [1.29, 1.82) is 0 Å². The molecule has 0 radical (unpaired) electrons. The number of rotatable bonds is 7. The van der Waals surface area contributed by atoms with E-state index in [0.717, 1.165) is 31.6 Å². The molecule has 1 aliphatic rings. The molecule has 1 heterocycles. The molecule has 1 fully saturated rings. The maximum Gasteiger partial charge on any atom is 0.223 e. The Balaban J connectivity index is 1.82. The molecule has 1 saturated carbocycles. The molecule has 4 heteroatoms. The third-order valence-corrected chi connectivity index (χ3v) is 3.60. The Morgan fingerprint density at radius 3 is 2.89 bits per heavy atom. The molecule has 0 unspecified atom stereocenters. The monoisotopic (exact) mass is 250 g/mol. The van der Waals surface area contributed by atoms with E-state index in [0.29, 0.717) is 25.4 Å². The van der Waals surface area contributed by atoms with Crippen molar-refractivity contribution >= 4 is 5.91 Å². The molecule has 1 aromatic heterocycles. The predicted molar refractivity (Wildman–Crippen MR) is 70.1 cm³/mol. The lowest BCUT2D eigenvalue weighted by atomic mass is 9.91. The van der Waals surface area contributed by atoms with E-state index in [1.165, 1.54) is 6.42 Å². The highest BCUT2D eigenvalue weighted by Crippen LogP contribution is 2.25. The van der Waals surface area contributed by atoms with Crippen LogP contribution < -0.4 is 5.73 Å². The maximum absolute atomic E-state index is 12.2. The molecule has 0 aliphatic heterocycles. The minimum Gasteiger partial charge on any atom is -0.469 e. The zero-order valence-corrected chi connectivity index (χ0v) is 10.8. The minimum absolute atomic E-state index is 0.240. The number of nitrogens with two attached hydrogens (primary N) is 1. The van der Waals surface area contributed by atoms with Crippen LogP contribution in [0.4, 0.5) is 0 Å². The number of aryl methyl sites for hydroxylation is 1. The van der Waals surface area contributed by atoms with E-state index in [-0.39, 0.29) is 5.91 Å². The quantitative estimate of drug-likeness (QED) is 0.804. The lowest BCUT2D eigenvalue weighted by Gasteiger charge is -2.37. The van der Waals surface area contributed by atoms with E-state index in [1.807, 2.05) is 17.0 Å². The van der Waals surface area contributed by atoms with Gasteiger partial charge in [0.1, 0.15) is 5.76 Å². The van der Waals surface area contributed by atoms with Gasteiger partial charge in [-0.25, -0.2) is 0 Å². The van der Waals surface area contributed by atoms with Gasteiger partial charge in [0.15, 0.2) is 0 Å². The van der Waals surface area contributed by atoms with Crippen LogP contribution in [0.3, 0.4) is 0 Å². The number of nitrogens with zero attached hydrogens (tertiary/aromatic N) is 1. The Hall–Kier alpha value is -1.29. The van der Waals surface area contributed by atoms with Gasteiger partial charge in [-0.15, -0.1) is 0 Å². The lowest BCUT2D eigenvalue weighted by molar-refractivity contribution is -0.135. The summed E-state index contributed by atoms with van der Waals surface area (Å²) in [7, 11) is 0. The number of carbonyl (C=O) groups is 1. The first-order valence-electron chi connectivity index (χ1n) is 6.83. The van der Waals surface area contributed by atoms with Gasteiger partial charge in [0.25, 0.3) is 0 Å². The van der Waals surface area contributed by atoms with Gasteiger partial charge in [-0.2, -0.15) is 0 Å². The molecule has 0 aromatic carbocycles.